The fraction of sp³-hybridized carbons (Fsp3) is 0.464. The molecule has 1 unspecified atom stereocenters. The lowest BCUT2D eigenvalue weighted by molar-refractivity contribution is -0.148. The van der Waals surface area contributed by atoms with Crippen molar-refractivity contribution >= 4 is 18.0 Å². The number of fused-ring (bicyclic) bond motifs is 3. The number of alkyl carbamates (subject to hydrolysis) is 1. The Kier molecular flexibility index (Phi) is 7.43. The standard InChI is InChI=1S/C28H34N2O5/c1-3-15-28(2,26(32)33)30-25(31)18-9-8-10-19(16-18)29-27(34)35-17-24-22-13-6-4-11-20(22)21-12-5-7-14-23(21)24/h4-7,11-14,18-19,24H,3,8-10,15-17H2,1-2H3,(H,29,34)(H,30,31)(H,32,33)/t18-,19+,28?/m0/s1. The molecular formula is C28H34N2O5. The van der Waals surface area contributed by atoms with Crippen molar-refractivity contribution in [2.24, 2.45) is 5.92 Å². The van der Waals surface area contributed by atoms with Crippen LogP contribution >= 0.6 is 0 Å². The highest BCUT2D eigenvalue weighted by molar-refractivity contribution is 5.88. The second kappa shape index (κ2) is 10.5. The maximum atomic E-state index is 12.8. The van der Waals surface area contributed by atoms with Gasteiger partial charge in [0.05, 0.1) is 0 Å². The molecule has 0 saturated heterocycles. The Hall–Kier alpha value is -3.35. The van der Waals surface area contributed by atoms with Gasteiger partial charge >= 0.3 is 12.1 Å². The van der Waals surface area contributed by atoms with Crippen LogP contribution in [0.1, 0.15) is 69.4 Å². The summed E-state index contributed by atoms with van der Waals surface area (Å²) < 4.78 is 5.65. The van der Waals surface area contributed by atoms with Crippen LogP contribution in [0.4, 0.5) is 4.79 Å². The monoisotopic (exact) mass is 478 g/mol. The van der Waals surface area contributed by atoms with Crippen LogP contribution in [-0.4, -0.2) is 41.3 Å². The third-order valence-corrected chi connectivity index (χ3v) is 7.33. The van der Waals surface area contributed by atoms with Crippen LogP contribution in [-0.2, 0) is 14.3 Å². The highest BCUT2D eigenvalue weighted by Crippen LogP contribution is 2.44. The minimum absolute atomic E-state index is 0.00899. The van der Waals surface area contributed by atoms with E-state index < -0.39 is 17.6 Å². The zero-order valence-corrected chi connectivity index (χ0v) is 20.4. The molecule has 186 valence electrons. The highest BCUT2D eigenvalue weighted by atomic mass is 16.5. The lowest BCUT2D eigenvalue weighted by Crippen LogP contribution is -2.54. The zero-order valence-electron chi connectivity index (χ0n) is 20.4. The third-order valence-electron chi connectivity index (χ3n) is 7.33. The first-order valence-electron chi connectivity index (χ1n) is 12.5. The van der Waals surface area contributed by atoms with Crippen LogP contribution in [0.15, 0.2) is 48.5 Å². The molecule has 1 fully saturated rings. The lowest BCUT2D eigenvalue weighted by Gasteiger charge is -2.32. The van der Waals surface area contributed by atoms with Crippen molar-refractivity contribution in [3.8, 4) is 11.1 Å². The Labute approximate surface area is 206 Å². The highest BCUT2D eigenvalue weighted by Gasteiger charge is 2.37. The summed E-state index contributed by atoms with van der Waals surface area (Å²) in [6, 6.07) is 16.2. The number of hydrogen-bond donors (Lipinski definition) is 3. The number of carboxylic acid groups (broad SMARTS) is 1. The van der Waals surface area contributed by atoms with Crippen LogP contribution < -0.4 is 10.6 Å². The smallest absolute Gasteiger partial charge is 0.407 e. The van der Waals surface area contributed by atoms with E-state index in [0.29, 0.717) is 25.7 Å². The molecule has 0 radical (unpaired) electrons. The predicted octanol–water partition coefficient (Wildman–Crippen LogP) is 4.84. The Morgan fingerprint density at radius 1 is 1.03 bits per heavy atom. The fourth-order valence-electron chi connectivity index (χ4n) is 5.46. The molecule has 2 amide bonds. The van der Waals surface area contributed by atoms with Gasteiger partial charge < -0.3 is 20.5 Å². The van der Waals surface area contributed by atoms with E-state index >= 15 is 0 Å². The molecule has 0 spiro atoms. The van der Waals surface area contributed by atoms with Gasteiger partial charge in [0.25, 0.3) is 0 Å². The van der Waals surface area contributed by atoms with E-state index in [2.05, 4.69) is 34.9 Å². The summed E-state index contributed by atoms with van der Waals surface area (Å²) in [7, 11) is 0. The van der Waals surface area contributed by atoms with Crippen molar-refractivity contribution in [2.45, 2.75) is 69.9 Å². The van der Waals surface area contributed by atoms with E-state index in [0.717, 1.165) is 24.0 Å². The number of nitrogens with one attached hydrogen (secondary N) is 2. The van der Waals surface area contributed by atoms with E-state index in [1.165, 1.54) is 11.1 Å². The van der Waals surface area contributed by atoms with Crippen LogP contribution in [0.5, 0.6) is 0 Å². The molecule has 0 bridgehead atoms. The number of benzene rings is 2. The lowest BCUT2D eigenvalue weighted by atomic mass is 9.84. The van der Waals surface area contributed by atoms with Crippen molar-refractivity contribution in [2.75, 3.05) is 6.61 Å². The van der Waals surface area contributed by atoms with E-state index in [4.69, 9.17) is 4.74 Å². The fourth-order valence-corrected chi connectivity index (χ4v) is 5.46. The Morgan fingerprint density at radius 2 is 1.66 bits per heavy atom. The van der Waals surface area contributed by atoms with E-state index in [-0.39, 0.29) is 30.4 Å². The zero-order chi connectivity index (χ0) is 25.0. The van der Waals surface area contributed by atoms with Gasteiger partial charge in [-0.1, -0.05) is 68.3 Å². The largest absolute Gasteiger partial charge is 0.480 e. The maximum Gasteiger partial charge on any atom is 0.407 e. The minimum Gasteiger partial charge on any atom is -0.480 e. The number of amides is 2. The first-order chi connectivity index (χ1) is 16.8. The van der Waals surface area contributed by atoms with Gasteiger partial charge in [-0.2, -0.15) is 0 Å². The van der Waals surface area contributed by atoms with Gasteiger partial charge in [-0.15, -0.1) is 0 Å². The summed E-state index contributed by atoms with van der Waals surface area (Å²) in [6.07, 6.45) is 3.22. The summed E-state index contributed by atoms with van der Waals surface area (Å²) in [5.41, 5.74) is 3.39. The van der Waals surface area contributed by atoms with Gasteiger partial charge in [0, 0.05) is 17.9 Å². The molecule has 2 aliphatic carbocycles. The molecule has 1 saturated carbocycles. The molecular weight excluding hydrogens is 444 g/mol. The minimum atomic E-state index is -1.28. The van der Waals surface area contributed by atoms with Gasteiger partial charge in [-0.05, 0) is 54.9 Å². The van der Waals surface area contributed by atoms with Gasteiger partial charge in [0.2, 0.25) is 5.91 Å². The second-order valence-electron chi connectivity index (χ2n) is 9.91. The number of hydrogen-bond acceptors (Lipinski definition) is 4. The number of ether oxygens (including phenoxy) is 1. The van der Waals surface area contributed by atoms with E-state index in [9.17, 15) is 19.5 Å². The molecule has 35 heavy (non-hydrogen) atoms. The summed E-state index contributed by atoms with van der Waals surface area (Å²) in [6.45, 7) is 3.68. The molecule has 3 atom stereocenters. The van der Waals surface area contributed by atoms with Crippen LogP contribution in [0.2, 0.25) is 0 Å². The van der Waals surface area contributed by atoms with Crippen molar-refractivity contribution in [1.29, 1.82) is 0 Å². The molecule has 0 heterocycles. The number of carboxylic acids is 1. The quantitative estimate of drug-likeness (QED) is 0.503. The second-order valence-corrected chi connectivity index (χ2v) is 9.91. The summed E-state index contributed by atoms with van der Waals surface area (Å²) in [5.74, 6) is -1.64. The molecule has 3 N–H and O–H groups in total. The number of carbonyl (C=O) groups excluding carboxylic acids is 2. The number of aliphatic carboxylic acids is 1. The SMILES string of the molecule is CCCC(C)(NC(=O)[C@H]1CCC[C@@H](NC(=O)OCC2c3ccccc3-c3ccccc32)C1)C(=O)O. The predicted molar refractivity (Wildman–Crippen MR) is 133 cm³/mol. The third kappa shape index (κ3) is 5.34. The normalized spacial score (nSPS) is 20.7. The molecule has 2 aromatic carbocycles. The molecule has 7 heteroatoms. The van der Waals surface area contributed by atoms with Crippen molar-refractivity contribution < 1.29 is 24.2 Å². The first-order valence-corrected chi connectivity index (χ1v) is 12.5. The molecule has 2 aromatic rings. The van der Waals surface area contributed by atoms with Crippen LogP contribution in [0.25, 0.3) is 11.1 Å². The molecule has 0 aromatic heterocycles. The molecule has 2 aliphatic rings. The summed E-state index contributed by atoms with van der Waals surface area (Å²) in [4.78, 5) is 37.2. The number of carbonyl (C=O) groups is 3. The Bertz CT molecular complexity index is 1050. The van der Waals surface area contributed by atoms with Crippen molar-refractivity contribution in [3.63, 3.8) is 0 Å². The van der Waals surface area contributed by atoms with Crippen LogP contribution in [0.3, 0.4) is 0 Å². The average molecular weight is 479 g/mol. The van der Waals surface area contributed by atoms with E-state index in [1.807, 2.05) is 31.2 Å². The van der Waals surface area contributed by atoms with Gasteiger partial charge in [-0.3, -0.25) is 4.79 Å². The Morgan fingerprint density at radius 3 is 2.26 bits per heavy atom. The van der Waals surface area contributed by atoms with Gasteiger partial charge in [0.15, 0.2) is 0 Å². The average Bonchev–Trinajstić information content (AvgIpc) is 3.16. The number of rotatable bonds is 8. The molecule has 0 aliphatic heterocycles. The maximum absolute atomic E-state index is 12.8. The van der Waals surface area contributed by atoms with Gasteiger partial charge in [-0.25, -0.2) is 9.59 Å². The first kappa shape index (κ1) is 24.8. The topological polar surface area (TPSA) is 105 Å². The summed E-state index contributed by atoms with van der Waals surface area (Å²) in [5, 5.41) is 15.2. The van der Waals surface area contributed by atoms with Gasteiger partial charge in [0.1, 0.15) is 12.1 Å². The molecule has 4 rings (SSSR count). The van der Waals surface area contributed by atoms with Crippen LogP contribution in [0, 0.1) is 5.92 Å². The van der Waals surface area contributed by atoms with Crippen molar-refractivity contribution in [1.82, 2.24) is 10.6 Å². The summed E-state index contributed by atoms with van der Waals surface area (Å²) >= 11 is 0. The van der Waals surface area contributed by atoms with Crippen molar-refractivity contribution in [3.05, 3.63) is 59.7 Å². The molecule has 7 nitrogen and oxygen atoms in total. The van der Waals surface area contributed by atoms with E-state index in [1.54, 1.807) is 6.92 Å². The Balaban J connectivity index is 1.33.